The number of methoxy groups -OCH3 is 1. The van der Waals surface area contributed by atoms with Crippen LogP contribution in [0.25, 0.3) is 28.1 Å². The van der Waals surface area contributed by atoms with Gasteiger partial charge in [0, 0.05) is 29.7 Å². The Labute approximate surface area is 222 Å². The Kier molecular flexibility index (Phi) is 6.83. The number of para-hydroxylation sites is 1. The van der Waals surface area contributed by atoms with E-state index in [1.807, 2.05) is 18.2 Å². The van der Waals surface area contributed by atoms with Crippen molar-refractivity contribution in [3.05, 3.63) is 54.2 Å². The number of alkyl halides is 3. The third kappa shape index (κ3) is 5.33. The SMILES string of the molecule is COc1cccc2ccc(-c3nnc4ccc([C@@H](N(C(=O)OC(C)(C)C)[C@H]5CCNC5)C(F)(F)F)cn34)nc12. The summed E-state index contributed by atoms with van der Waals surface area (Å²) in [7, 11) is 1.54. The Balaban J connectivity index is 1.63. The topological polar surface area (TPSA) is 93.9 Å². The van der Waals surface area contributed by atoms with Crippen LogP contribution in [0.4, 0.5) is 18.0 Å². The molecule has 12 heteroatoms. The van der Waals surface area contributed by atoms with Gasteiger partial charge in [-0.3, -0.25) is 9.30 Å². The van der Waals surface area contributed by atoms with Crippen LogP contribution >= 0.6 is 0 Å². The predicted octanol–water partition coefficient (Wildman–Crippen LogP) is 5.16. The second-order valence-electron chi connectivity index (χ2n) is 10.4. The molecule has 0 aliphatic carbocycles. The maximum Gasteiger partial charge on any atom is 0.413 e. The average Bonchev–Trinajstić information content (AvgIpc) is 3.54. The predicted molar refractivity (Wildman–Crippen MR) is 138 cm³/mol. The minimum absolute atomic E-state index is 0.146. The molecule has 3 aromatic heterocycles. The molecule has 39 heavy (non-hydrogen) atoms. The fourth-order valence-corrected chi connectivity index (χ4v) is 4.82. The molecule has 1 fully saturated rings. The second kappa shape index (κ2) is 9.99. The molecule has 4 heterocycles. The van der Waals surface area contributed by atoms with Crippen LogP contribution in [0.2, 0.25) is 0 Å². The van der Waals surface area contributed by atoms with Crippen LogP contribution in [0.3, 0.4) is 0 Å². The highest BCUT2D eigenvalue weighted by Crippen LogP contribution is 2.41. The van der Waals surface area contributed by atoms with Crippen molar-refractivity contribution in [2.75, 3.05) is 20.2 Å². The van der Waals surface area contributed by atoms with Gasteiger partial charge in [-0.15, -0.1) is 10.2 Å². The highest BCUT2D eigenvalue weighted by Gasteiger charge is 2.50. The second-order valence-corrected chi connectivity index (χ2v) is 10.4. The van der Waals surface area contributed by atoms with E-state index in [4.69, 9.17) is 9.47 Å². The summed E-state index contributed by atoms with van der Waals surface area (Å²) in [5, 5.41) is 12.2. The maximum absolute atomic E-state index is 14.8. The number of fused-ring (bicyclic) bond motifs is 2. The number of benzene rings is 1. The molecule has 2 atom stereocenters. The number of nitrogens with one attached hydrogen (secondary N) is 1. The van der Waals surface area contributed by atoms with Crippen molar-refractivity contribution in [1.82, 2.24) is 29.8 Å². The van der Waals surface area contributed by atoms with Gasteiger partial charge in [0.2, 0.25) is 0 Å². The first-order valence-corrected chi connectivity index (χ1v) is 12.5. The van der Waals surface area contributed by atoms with Gasteiger partial charge >= 0.3 is 12.3 Å². The molecule has 1 amide bonds. The van der Waals surface area contributed by atoms with E-state index >= 15 is 0 Å². The first-order valence-electron chi connectivity index (χ1n) is 12.5. The lowest BCUT2D eigenvalue weighted by atomic mass is 10.0. The third-order valence-corrected chi connectivity index (χ3v) is 6.49. The number of ether oxygens (including phenoxy) is 2. The van der Waals surface area contributed by atoms with E-state index in [2.05, 4.69) is 20.5 Å². The first-order chi connectivity index (χ1) is 18.5. The molecule has 1 N–H and O–H groups in total. The Bertz CT molecular complexity index is 1510. The molecule has 1 aromatic carbocycles. The highest BCUT2D eigenvalue weighted by atomic mass is 19.4. The summed E-state index contributed by atoms with van der Waals surface area (Å²) in [5.41, 5.74) is 0.217. The molecule has 206 valence electrons. The molecule has 9 nitrogen and oxygen atoms in total. The first kappa shape index (κ1) is 26.7. The Morgan fingerprint density at radius 1 is 1.13 bits per heavy atom. The summed E-state index contributed by atoms with van der Waals surface area (Å²) in [6.07, 6.45) is -4.12. The van der Waals surface area contributed by atoms with E-state index in [9.17, 15) is 18.0 Å². The van der Waals surface area contributed by atoms with Crippen LogP contribution in [-0.4, -0.2) is 68.6 Å². The van der Waals surface area contributed by atoms with Crippen molar-refractivity contribution in [2.45, 2.75) is 51.1 Å². The number of amides is 1. The van der Waals surface area contributed by atoms with Crippen LogP contribution in [0.15, 0.2) is 48.7 Å². The normalized spacial score (nSPS) is 16.9. The molecular formula is C27H29F3N6O3. The summed E-state index contributed by atoms with van der Waals surface area (Å²) >= 11 is 0. The van der Waals surface area contributed by atoms with E-state index in [-0.39, 0.29) is 17.9 Å². The number of carbonyl (C=O) groups excluding carboxylic acids is 1. The monoisotopic (exact) mass is 542 g/mol. The highest BCUT2D eigenvalue weighted by molar-refractivity contribution is 5.86. The minimum atomic E-state index is -4.78. The van der Waals surface area contributed by atoms with Crippen molar-refractivity contribution in [3.8, 4) is 17.3 Å². The van der Waals surface area contributed by atoms with Crippen molar-refractivity contribution < 1.29 is 27.4 Å². The van der Waals surface area contributed by atoms with Crippen LogP contribution in [0.1, 0.15) is 38.8 Å². The molecule has 1 saturated heterocycles. The van der Waals surface area contributed by atoms with E-state index < -0.39 is 30.0 Å². The van der Waals surface area contributed by atoms with E-state index in [0.29, 0.717) is 35.6 Å². The number of hydrogen-bond acceptors (Lipinski definition) is 7. The van der Waals surface area contributed by atoms with Crippen molar-refractivity contribution in [3.63, 3.8) is 0 Å². The average molecular weight is 543 g/mol. The maximum atomic E-state index is 14.8. The summed E-state index contributed by atoms with van der Waals surface area (Å²) < 4.78 is 56.6. The van der Waals surface area contributed by atoms with Gasteiger partial charge in [-0.1, -0.05) is 24.3 Å². The number of rotatable bonds is 5. The van der Waals surface area contributed by atoms with Gasteiger partial charge in [-0.2, -0.15) is 13.2 Å². The number of carbonyl (C=O) groups is 1. The van der Waals surface area contributed by atoms with Crippen molar-refractivity contribution >= 4 is 22.6 Å². The molecular weight excluding hydrogens is 513 g/mol. The molecule has 0 bridgehead atoms. The van der Waals surface area contributed by atoms with E-state index in [1.54, 1.807) is 32.9 Å². The van der Waals surface area contributed by atoms with Gasteiger partial charge in [0.25, 0.3) is 0 Å². The largest absolute Gasteiger partial charge is 0.494 e. The number of hydrogen-bond donors (Lipinski definition) is 1. The summed E-state index contributed by atoms with van der Waals surface area (Å²) in [6, 6.07) is 8.88. The smallest absolute Gasteiger partial charge is 0.413 e. The minimum Gasteiger partial charge on any atom is -0.494 e. The van der Waals surface area contributed by atoms with Gasteiger partial charge in [-0.05, 0) is 51.9 Å². The third-order valence-electron chi connectivity index (χ3n) is 6.49. The molecule has 4 aromatic rings. The molecule has 1 aliphatic rings. The Hall–Kier alpha value is -3.93. The van der Waals surface area contributed by atoms with Crippen LogP contribution in [-0.2, 0) is 4.74 Å². The zero-order chi connectivity index (χ0) is 27.9. The summed E-state index contributed by atoms with van der Waals surface area (Å²) in [4.78, 5) is 18.7. The fraction of sp³-hybridized carbons (Fsp3) is 0.407. The van der Waals surface area contributed by atoms with Gasteiger partial charge in [-0.25, -0.2) is 9.78 Å². The van der Waals surface area contributed by atoms with Crippen LogP contribution < -0.4 is 10.1 Å². The number of halogens is 3. The van der Waals surface area contributed by atoms with Crippen molar-refractivity contribution in [1.29, 1.82) is 0 Å². The standard InChI is InChI=1S/C27H29F3N6O3/c1-26(2,3)39-25(37)36(18-12-13-31-14-18)23(27(28,29)30)17-9-11-21-33-34-24(35(21)15-17)19-10-8-16-6-5-7-20(38-4)22(16)32-19/h5-11,15,18,23,31H,12-14H2,1-4H3/t18-,23+/m0/s1. The van der Waals surface area contributed by atoms with E-state index in [0.717, 1.165) is 10.3 Å². The van der Waals surface area contributed by atoms with Gasteiger partial charge in [0.1, 0.15) is 22.6 Å². The van der Waals surface area contributed by atoms with Gasteiger partial charge < -0.3 is 14.8 Å². The zero-order valence-corrected chi connectivity index (χ0v) is 22.0. The molecule has 0 saturated carbocycles. The number of pyridine rings is 2. The zero-order valence-electron chi connectivity index (χ0n) is 22.0. The Morgan fingerprint density at radius 2 is 1.92 bits per heavy atom. The molecule has 5 rings (SSSR count). The van der Waals surface area contributed by atoms with Gasteiger partial charge in [0.05, 0.1) is 7.11 Å². The fourth-order valence-electron chi connectivity index (χ4n) is 4.82. The number of nitrogens with zero attached hydrogens (tertiary/aromatic N) is 5. The lowest BCUT2D eigenvalue weighted by molar-refractivity contribution is -0.188. The lowest BCUT2D eigenvalue weighted by Crippen LogP contribution is -2.50. The van der Waals surface area contributed by atoms with Crippen molar-refractivity contribution in [2.24, 2.45) is 0 Å². The van der Waals surface area contributed by atoms with Crippen LogP contribution in [0.5, 0.6) is 5.75 Å². The summed E-state index contributed by atoms with van der Waals surface area (Å²) in [5.74, 6) is 0.811. The number of aromatic nitrogens is 4. The molecule has 1 aliphatic heterocycles. The molecule has 0 unspecified atom stereocenters. The summed E-state index contributed by atoms with van der Waals surface area (Å²) in [6.45, 7) is 5.61. The molecule has 0 radical (unpaired) electrons. The Morgan fingerprint density at radius 3 is 2.59 bits per heavy atom. The van der Waals surface area contributed by atoms with Crippen LogP contribution in [0, 0.1) is 0 Å². The van der Waals surface area contributed by atoms with E-state index in [1.165, 1.54) is 29.8 Å². The van der Waals surface area contributed by atoms with Gasteiger partial charge in [0.15, 0.2) is 17.5 Å². The molecule has 0 spiro atoms. The lowest BCUT2D eigenvalue weighted by Gasteiger charge is -2.38. The quantitative estimate of drug-likeness (QED) is 0.373.